The number of amides is 1. The molecular formula is C21H20FN3O2. The number of aromatic nitrogens is 1. The Morgan fingerprint density at radius 2 is 1.67 bits per heavy atom. The van der Waals surface area contributed by atoms with Crippen LogP contribution in [0, 0.1) is 5.82 Å². The zero-order valence-electron chi connectivity index (χ0n) is 14.7. The smallest absolute Gasteiger partial charge is 0.270 e. The number of carbonyl (C=O) groups is 1. The molecule has 138 valence electrons. The van der Waals surface area contributed by atoms with Gasteiger partial charge in [0.2, 0.25) is 0 Å². The Labute approximate surface area is 156 Å². The van der Waals surface area contributed by atoms with Crippen LogP contribution in [-0.2, 0) is 0 Å². The van der Waals surface area contributed by atoms with Crippen molar-refractivity contribution >= 4 is 11.6 Å². The summed E-state index contributed by atoms with van der Waals surface area (Å²) in [5.74, 6) is -0.0845. The fourth-order valence-corrected chi connectivity index (χ4v) is 3.38. The number of carbonyl (C=O) groups excluding carboxylic acids is 1. The average molecular weight is 365 g/mol. The zero-order valence-corrected chi connectivity index (χ0v) is 14.7. The van der Waals surface area contributed by atoms with Gasteiger partial charge >= 0.3 is 0 Å². The molecule has 1 aromatic heterocycles. The molecule has 2 aromatic carbocycles. The Morgan fingerprint density at radius 3 is 2.37 bits per heavy atom. The highest BCUT2D eigenvalue weighted by atomic mass is 19.1. The molecule has 0 saturated carbocycles. The summed E-state index contributed by atoms with van der Waals surface area (Å²) in [5.41, 5.74) is 3.02. The molecule has 1 saturated heterocycles. The molecule has 0 radical (unpaired) electrons. The van der Waals surface area contributed by atoms with Crippen molar-refractivity contribution in [1.29, 1.82) is 0 Å². The van der Waals surface area contributed by atoms with E-state index in [4.69, 9.17) is 0 Å². The van der Waals surface area contributed by atoms with E-state index < -0.39 is 0 Å². The van der Waals surface area contributed by atoms with Crippen LogP contribution in [0.25, 0.3) is 11.1 Å². The SMILES string of the molecule is O=C(c1cc(-c2ccc(F)cc2)c[nH]1)N1CCN(c2ccccc2O)CC1. The van der Waals surface area contributed by atoms with E-state index in [0.29, 0.717) is 31.9 Å². The first-order valence-electron chi connectivity index (χ1n) is 8.88. The number of hydrogen-bond donors (Lipinski definition) is 2. The van der Waals surface area contributed by atoms with Crippen molar-refractivity contribution in [2.75, 3.05) is 31.1 Å². The van der Waals surface area contributed by atoms with Gasteiger partial charge in [0.15, 0.2) is 0 Å². The summed E-state index contributed by atoms with van der Waals surface area (Å²) in [4.78, 5) is 19.7. The number of nitrogens with one attached hydrogen (secondary N) is 1. The fraction of sp³-hybridized carbons (Fsp3) is 0.190. The van der Waals surface area contributed by atoms with Crippen LogP contribution in [-0.4, -0.2) is 47.1 Å². The maximum absolute atomic E-state index is 13.1. The molecule has 2 N–H and O–H groups in total. The minimum Gasteiger partial charge on any atom is -0.506 e. The summed E-state index contributed by atoms with van der Waals surface area (Å²) in [6, 6.07) is 15.2. The van der Waals surface area contributed by atoms with Gasteiger partial charge in [-0.2, -0.15) is 0 Å². The predicted octanol–water partition coefficient (Wildman–Crippen LogP) is 3.49. The number of nitrogens with zero attached hydrogens (tertiary/aromatic N) is 2. The Balaban J connectivity index is 1.43. The highest BCUT2D eigenvalue weighted by Gasteiger charge is 2.24. The van der Waals surface area contributed by atoms with Gasteiger partial charge in [0.05, 0.1) is 5.69 Å². The van der Waals surface area contributed by atoms with Gasteiger partial charge in [-0.1, -0.05) is 24.3 Å². The number of H-pyrrole nitrogens is 1. The third-order valence-electron chi connectivity index (χ3n) is 4.88. The van der Waals surface area contributed by atoms with E-state index in [1.54, 1.807) is 41.4 Å². The lowest BCUT2D eigenvalue weighted by Crippen LogP contribution is -2.48. The van der Waals surface area contributed by atoms with E-state index in [2.05, 4.69) is 9.88 Å². The second-order valence-electron chi connectivity index (χ2n) is 6.58. The number of hydrogen-bond acceptors (Lipinski definition) is 3. The number of phenolic OH excluding ortho intramolecular Hbond substituents is 1. The van der Waals surface area contributed by atoms with Gasteiger partial charge in [0.25, 0.3) is 5.91 Å². The van der Waals surface area contributed by atoms with Crippen molar-refractivity contribution in [3.63, 3.8) is 0 Å². The minimum absolute atomic E-state index is 0.0553. The first-order valence-corrected chi connectivity index (χ1v) is 8.88. The number of aromatic hydroxyl groups is 1. The third-order valence-corrected chi connectivity index (χ3v) is 4.88. The number of halogens is 1. The Morgan fingerprint density at radius 1 is 0.963 bits per heavy atom. The molecule has 6 heteroatoms. The summed E-state index contributed by atoms with van der Waals surface area (Å²) in [7, 11) is 0. The van der Waals surface area contributed by atoms with Gasteiger partial charge in [-0.3, -0.25) is 4.79 Å². The number of anilines is 1. The highest BCUT2D eigenvalue weighted by molar-refractivity contribution is 5.94. The van der Waals surface area contributed by atoms with E-state index in [1.807, 2.05) is 12.1 Å². The van der Waals surface area contributed by atoms with Crippen LogP contribution < -0.4 is 4.90 Å². The highest BCUT2D eigenvalue weighted by Crippen LogP contribution is 2.27. The Hall–Kier alpha value is -3.28. The summed E-state index contributed by atoms with van der Waals surface area (Å²) in [6.07, 6.45) is 1.76. The number of rotatable bonds is 3. The van der Waals surface area contributed by atoms with E-state index >= 15 is 0 Å². The minimum atomic E-state index is -0.284. The van der Waals surface area contributed by atoms with Gasteiger partial charge in [-0.15, -0.1) is 0 Å². The van der Waals surface area contributed by atoms with Crippen LogP contribution in [0.15, 0.2) is 60.8 Å². The Kier molecular flexibility index (Phi) is 4.54. The second-order valence-corrected chi connectivity index (χ2v) is 6.58. The lowest BCUT2D eigenvalue weighted by atomic mass is 10.1. The van der Waals surface area contributed by atoms with Crippen LogP contribution >= 0.6 is 0 Å². The van der Waals surface area contributed by atoms with Crippen molar-refractivity contribution in [2.24, 2.45) is 0 Å². The molecule has 3 aromatic rings. The van der Waals surface area contributed by atoms with E-state index in [0.717, 1.165) is 16.8 Å². The standard InChI is InChI=1S/C21H20FN3O2/c22-17-7-5-15(6-8-17)16-13-18(23-14-16)21(27)25-11-9-24(10-12-25)19-3-1-2-4-20(19)26/h1-8,13-14,23,26H,9-12H2. The third kappa shape index (κ3) is 3.51. The molecule has 2 heterocycles. The molecule has 4 rings (SSSR count). The molecule has 0 unspecified atom stereocenters. The number of phenols is 1. The number of aromatic amines is 1. The molecule has 27 heavy (non-hydrogen) atoms. The molecule has 5 nitrogen and oxygen atoms in total. The van der Waals surface area contributed by atoms with Crippen LogP contribution in [0.1, 0.15) is 10.5 Å². The lowest BCUT2D eigenvalue weighted by molar-refractivity contribution is 0.0741. The van der Waals surface area contributed by atoms with Crippen LogP contribution in [0.5, 0.6) is 5.75 Å². The van der Waals surface area contributed by atoms with Crippen molar-refractivity contribution in [3.8, 4) is 16.9 Å². The van der Waals surface area contributed by atoms with Gasteiger partial charge < -0.3 is 19.9 Å². The molecule has 0 spiro atoms. The quantitative estimate of drug-likeness (QED) is 0.747. The van der Waals surface area contributed by atoms with Crippen LogP contribution in [0.3, 0.4) is 0 Å². The van der Waals surface area contributed by atoms with Gasteiger partial charge in [-0.25, -0.2) is 4.39 Å². The molecule has 1 amide bonds. The van der Waals surface area contributed by atoms with Gasteiger partial charge in [0, 0.05) is 32.4 Å². The molecule has 1 aliphatic heterocycles. The topological polar surface area (TPSA) is 59.6 Å². The number of benzene rings is 2. The molecule has 0 bridgehead atoms. The van der Waals surface area contributed by atoms with E-state index in [1.165, 1.54) is 12.1 Å². The molecule has 0 aliphatic carbocycles. The first kappa shape index (κ1) is 17.1. The maximum atomic E-state index is 13.1. The normalized spacial score (nSPS) is 14.4. The van der Waals surface area contributed by atoms with Gasteiger partial charge in [-0.05, 0) is 41.5 Å². The molecule has 1 fully saturated rings. The Bertz CT molecular complexity index is 944. The monoisotopic (exact) mass is 365 g/mol. The number of para-hydroxylation sites is 2. The lowest BCUT2D eigenvalue weighted by Gasteiger charge is -2.36. The summed E-state index contributed by atoms with van der Waals surface area (Å²) in [6.45, 7) is 2.49. The largest absolute Gasteiger partial charge is 0.506 e. The van der Waals surface area contributed by atoms with E-state index in [-0.39, 0.29) is 17.5 Å². The number of piperazine rings is 1. The van der Waals surface area contributed by atoms with Crippen molar-refractivity contribution < 1.29 is 14.3 Å². The molecule has 1 aliphatic rings. The summed E-state index contributed by atoms with van der Waals surface area (Å²) >= 11 is 0. The van der Waals surface area contributed by atoms with Crippen molar-refractivity contribution in [2.45, 2.75) is 0 Å². The fourth-order valence-electron chi connectivity index (χ4n) is 3.38. The van der Waals surface area contributed by atoms with E-state index in [9.17, 15) is 14.3 Å². The average Bonchev–Trinajstić information content (AvgIpc) is 3.19. The van der Waals surface area contributed by atoms with Gasteiger partial charge in [0.1, 0.15) is 17.3 Å². The summed E-state index contributed by atoms with van der Waals surface area (Å²) in [5, 5.41) is 9.99. The van der Waals surface area contributed by atoms with Crippen LogP contribution in [0.2, 0.25) is 0 Å². The van der Waals surface area contributed by atoms with Crippen molar-refractivity contribution in [3.05, 3.63) is 72.3 Å². The zero-order chi connectivity index (χ0) is 18.8. The van der Waals surface area contributed by atoms with Crippen LogP contribution in [0.4, 0.5) is 10.1 Å². The predicted molar refractivity (Wildman–Crippen MR) is 102 cm³/mol. The summed E-state index contributed by atoms with van der Waals surface area (Å²) < 4.78 is 13.1. The second kappa shape index (κ2) is 7.15. The molecular weight excluding hydrogens is 345 g/mol. The van der Waals surface area contributed by atoms with Crippen molar-refractivity contribution in [1.82, 2.24) is 9.88 Å². The molecule has 0 atom stereocenters. The maximum Gasteiger partial charge on any atom is 0.270 e. The first-order chi connectivity index (χ1) is 13.1.